The number of benzene rings is 2. The van der Waals surface area contributed by atoms with E-state index in [4.69, 9.17) is 0 Å². The van der Waals surface area contributed by atoms with Gasteiger partial charge in [0.1, 0.15) is 5.78 Å². The van der Waals surface area contributed by atoms with Crippen LogP contribution in [0.5, 0.6) is 0 Å². The third-order valence-corrected chi connectivity index (χ3v) is 4.26. The Morgan fingerprint density at radius 1 is 1.00 bits per heavy atom. The first-order valence-corrected chi connectivity index (χ1v) is 7.26. The van der Waals surface area contributed by atoms with E-state index in [-0.39, 0.29) is 5.41 Å². The molecule has 0 spiro atoms. The predicted molar refractivity (Wildman–Crippen MR) is 82.0 cm³/mol. The van der Waals surface area contributed by atoms with E-state index in [0.29, 0.717) is 12.2 Å². The number of rotatable bonds is 4. The Balaban J connectivity index is 1.83. The highest BCUT2D eigenvalue weighted by Crippen LogP contribution is 2.49. The average Bonchev–Trinajstić information content (AvgIpc) is 3.20. The molecule has 3 rings (SSSR count). The molecular formula is C19H20O. The van der Waals surface area contributed by atoms with Crippen LogP contribution >= 0.6 is 0 Å². The fraction of sp³-hybridized carbons (Fsp3) is 0.316. The largest absolute Gasteiger partial charge is 0.298 e. The Morgan fingerprint density at radius 2 is 1.60 bits per heavy atom. The number of hydrogen-bond donors (Lipinski definition) is 0. The van der Waals surface area contributed by atoms with Gasteiger partial charge in [0, 0.05) is 6.42 Å². The highest BCUT2D eigenvalue weighted by atomic mass is 16.1. The normalized spacial score (nSPS) is 15.9. The zero-order chi connectivity index (χ0) is 14.2. The van der Waals surface area contributed by atoms with Gasteiger partial charge in [-0.3, -0.25) is 4.79 Å². The molecule has 1 fully saturated rings. The van der Waals surface area contributed by atoms with Gasteiger partial charge in [-0.05, 0) is 37.8 Å². The zero-order valence-corrected chi connectivity index (χ0v) is 12.1. The Labute approximate surface area is 120 Å². The van der Waals surface area contributed by atoms with Crippen LogP contribution in [0.2, 0.25) is 0 Å². The van der Waals surface area contributed by atoms with Crippen LogP contribution in [0.3, 0.4) is 0 Å². The maximum absolute atomic E-state index is 12.7. The lowest BCUT2D eigenvalue weighted by molar-refractivity contribution is -0.120. The third-order valence-electron chi connectivity index (χ3n) is 4.26. The van der Waals surface area contributed by atoms with Crippen LogP contribution in [0, 0.1) is 13.8 Å². The van der Waals surface area contributed by atoms with Gasteiger partial charge < -0.3 is 0 Å². The molecule has 0 bridgehead atoms. The van der Waals surface area contributed by atoms with E-state index in [1.807, 2.05) is 18.2 Å². The SMILES string of the molecule is Cc1cc(C)cc(CC(=O)C2(c3ccccc3)CC2)c1. The predicted octanol–water partition coefficient (Wildman–Crippen LogP) is 4.15. The van der Waals surface area contributed by atoms with E-state index >= 15 is 0 Å². The molecule has 0 aliphatic heterocycles. The van der Waals surface area contributed by atoms with Crippen LogP contribution in [-0.4, -0.2) is 5.78 Å². The minimum atomic E-state index is -0.196. The van der Waals surface area contributed by atoms with Gasteiger partial charge in [-0.1, -0.05) is 59.7 Å². The second-order valence-corrected chi connectivity index (χ2v) is 6.04. The highest BCUT2D eigenvalue weighted by Gasteiger charge is 2.50. The number of hydrogen-bond acceptors (Lipinski definition) is 1. The lowest BCUT2D eigenvalue weighted by Gasteiger charge is -2.15. The molecule has 0 unspecified atom stereocenters. The first kappa shape index (κ1) is 13.1. The summed E-state index contributed by atoms with van der Waals surface area (Å²) in [4.78, 5) is 12.7. The van der Waals surface area contributed by atoms with Crippen LogP contribution in [0.25, 0.3) is 0 Å². The Kier molecular flexibility index (Phi) is 3.21. The number of aryl methyl sites for hydroxylation is 2. The van der Waals surface area contributed by atoms with Gasteiger partial charge in [-0.15, -0.1) is 0 Å². The van der Waals surface area contributed by atoms with E-state index < -0.39 is 0 Å². The Morgan fingerprint density at radius 3 is 2.15 bits per heavy atom. The van der Waals surface area contributed by atoms with Crippen molar-refractivity contribution < 1.29 is 4.79 Å². The summed E-state index contributed by atoms with van der Waals surface area (Å²) in [5, 5.41) is 0. The minimum absolute atomic E-state index is 0.196. The molecule has 0 saturated heterocycles. The molecule has 2 aromatic carbocycles. The summed E-state index contributed by atoms with van der Waals surface area (Å²) in [7, 11) is 0. The number of Topliss-reactive ketones (excluding diaryl/α,β-unsaturated/α-hetero) is 1. The molecule has 20 heavy (non-hydrogen) atoms. The molecule has 1 nitrogen and oxygen atoms in total. The van der Waals surface area contributed by atoms with Gasteiger partial charge in [-0.25, -0.2) is 0 Å². The van der Waals surface area contributed by atoms with Crippen LogP contribution < -0.4 is 0 Å². The number of ketones is 1. The van der Waals surface area contributed by atoms with E-state index in [1.54, 1.807) is 0 Å². The van der Waals surface area contributed by atoms with E-state index in [0.717, 1.165) is 18.4 Å². The Bertz CT molecular complexity index is 616. The van der Waals surface area contributed by atoms with Crippen molar-refractivity contribution in [1.29, 1.82) is 0 Å². The van der Waals surface area contributed by atoms with E-state index in [9.17, 15) is 4.79 Å². The molecule has 1 heteroatoms. The highest BCUT2D eigenvalue weighted by molar-refractivity contribution is 5.94. The number of carbonyl (C=O) groups is 1. The van der Waals surface area contributed by atoms with Crippen molar-refractivity contribution in [2.45, 2.75) is 38.5 Å². The summed E-state index contributed by atoms with van der Waals surface area (Å²) in [5.74, 6) is 0.369. The van der Waals surface area contributed by atoms with Crippen molar-refractivity contribution in [3.8, 4) is 0 Å². The summed E-state index contributed by atoms with van der Waals surface area (Å²) in [6, 6.07) is 16.7. The molecule has 1 aliphatic rings. The summed E-state index contributed by atoms with van der Waals surface area (Å²) in [6.07, 6.45) is 2.55. The van der Waals surface area contributed by atoms with Crippen molar-refractivity contribution in [3.05, 3.63) is 70.8 Å². The minimum Gasteiger partial charge on any atom is -0.298 e. The standard InChI is InChI=1S/C19H20O/c1-14-10-15(2)12-16(11-14)13-18(20)19(8-9-19)17-6-4-3-5-7-17/h3-7,10-12H,8-9,13H2,1-2H3. The smallest absolute Gasteiger partial charge is 0.147 e. The van der Waals surface area contributed by atoms with Crippen molar-refractivity contribution in [2.75, 3.05) is 0 Å². The second-order valence-electron chi connectivity index (χ2n) is 6.04. The molecule has 0 heterocycles. The van der Waals surface area contributed by atoms with Gasteiger partial charge >= 0.3 is 0 Å². The Hall–Kier alpha value is -1.89. The lowest BCUT2D eigenvalue weighted by atomic mass is 9.87. The summed E-state index contributed by atoms with van der Waals surface area (Å²) >= 11 is 0. The molecular weight excluding hydrogens is 244 g/mol. The van der Waals surface area contributed by atoms with Crippen LogP contribution in [0.4, 0.5) is 0 Å². The fourth-order valence-electron chi connectivity index (χ4n) is 3.14. The molecule has 102 valence electrons. The lowest BCUT2D eigenvalue weighted by Crippen LogP contribution is -2.22. The molecule has 0 amide bonds. The molecule has 0 N–H and O–H groups in total. The van der Waals surface area contributed by atoms with Crippen LogP contribution in [-0.2, 0) is 16.6 Å². The first-order chi connectivity index (χ1) is 9.60. The molecule has 1 aliphatic carbocycles. The first-order valence-electron chi connectivity index (χ1n) is 7.26. The maximum atomic E-state index is 12.7. The van der Waals surface area contributed by atoms with E-state index in [1.165, 1.54) is 16.7 Å². The summed E-state index contributed by atoms with van der Waals surface area (Å²) < 4.78 is 0. The van der Waals surface area contributed by atoms with Gasteiger partial charge in [-0.2, -0.15) is 0 Å². The molecule has 0 radical (unpaired) electrons. The molecule has 0 atom stereocenters. The molecule has 2 aromatic rings. The fourth-order valence-corrected chi connectivity index (χ4v) is 3.14. The van der Waals surface area contributed by atoms with Gasteiger partial charge in [0.15, 0.2) is 0 Å². The summed E-state index contributed by atoms with van der Waals surface area (Å²) in [5.41, 5.74) is 4.61. The quantitative estimate of drug-likeness (QED) is 0.811. The summed E-state index contributed by atoms with van der Waals surface area (Å²) in [6.45, 7) is 4.18. The average molecular weight is 264 g/mol. The van der Waals surface area contributed by atoms with Gasteiger partial charge in [0.05, 0.1) is 5.41 Å². The van der Waals surface area contributed by atoms with Gasteiger partial charge in [0.2, 0.25) is 0 Å². The second kappa shape index (κ2) is 4.90. The zero-order valence-electron chi connectivity index (χ0n) is 12.1. The topological polar surface area (TPSA) is 17.1 Å². The van der Waals surface area contributed by atoms with Crippen molar-refractivity contribution in [2.24, 2.45) is 0 Å². The third kappa shape index (κ3) is 2.40. The monoisotopic (exact) mass is 264 g/mol. The van der Waals surface area contributed by atoms with Crippen LogP contribution in [0.1, 0.15) is 35.1 Å². The van der Waals surface area contributed by atoms with Crippen molar-refractivity contribution >= 4 is 5.78 Å². The molecule has 1 saturated carbocycles. The van der Waals surface area contributed by atoms with Crippen molar-refractivity contribution in [3.63, 3.8) is 0 Å². The van der Waals surface area contributed by atoms with Crippen LogP contribution in [0.15, 0.2) is 48.5 Å². The maximum Gasteiger partial charge on any atom is 0.147 e. The van der Waals surface area contributed by atoms with Crippen molar-refractivity contribution in [1.82, 2.24) is 0 Å². The van der Waals surface area contributed by atoms with E-state index in [2.05, 4.69) is 44.2 Å². The van der Waals surface area contributed by atoms with Gasteiger partial charge in [0.25, 0.3) is 0 Å². The molecule has 0 aromatic heterocycles. The number of carbonyl (C=O) groups excluding carboxylic acids is 1.